The van der Waals surface area contributed by atoms with Crippen molar-refractivity contribution in [2.45, 2.75) is 31.8 Å². The summed E-state index contributed by atoms with van der Waals surface area (Å²) in [6.07, 6.45) is 4.07. The molecule has 0 bridgehead atoms. The third-order valence-electron chi connectivity index (χ3n) is 3.66. The van der Waals surface area contributed by atoms with E-state index in [-0.39, 0.29) is 17.9 Å². The van der Waals surface area contributed by atoms with Gasteiger partial charge in [-0.25, -0.2) is 0 Å². The molecule has 0 spiro atoms. The maximum atomic E-state index is 11.7. The number of hydrogen-bond donors (Lipinski definition) is 1. The largest absolute Gasteiger partial charge is 0.490 e. The summed E-state index contributed by atoms with van der Waals surface area (Å²) in [5.41, 5.74) is 1.27. The van der Waals surface area contributed by atoms with Crippen molar-refractivity contribution in [1.29, 1.82) is 0 Å². The van der Waals surface area contributed by atoms with Gasteiger partial charge < -0.3 is 10.1 Å². The van der Waals surface area contributed by atoms with Crippen LogP contribution < -0.4 is 10.1 Å². The lowest BCUT2D eigenvalue weighted by atomic mass is 9.91. The molecule has 2 aliphatic heterocycles. The highest BCUT2D eigenvalue weighted by atomic mass is 16.5. The minimum absolute atomic E-state index is 0.142. The number of para-hydroxylation sites is 1. The van der Waals surface area contributed by atoms with Crippen LogP contribution in [0.3, 0.4) is 0 Å². The molecule has 3 heteroatoms. The highest BCUT2D eigenvalue weighted by Crippen LogP contribution is 2.32. The van der Waals surface area contributed by atoms with E-state index < -0.39 is 0 Å². The van der Waals surface area contributed by atoms with E-state index in [1.54, 1.807) is 0 Å². The lowest BCUT2D eigenvalue weighted by Gasteiger charge is -2.24. The summed E-state index contributed by atoms with van der Waals surface area (Å²) in [5, 5.41) is 2.93. The monoisotopic (exact) mass is 231 g/mol. The van der Waals surface area contributed by atoms with Gasteiger partial charge in [-0.15, -0.1) is 0 Å². The highest BCUT2D eigenvalue weighted by Gasteiger charge is 2.29. The Labute approximate surface area is 101 Å². The lowest BCUT2D eigenvalue weighted by Crippen LogP contribution is -2.38. The Morgan fingerprint density at radius 3 is 3.06 bits per heavy atom. The quantitative estimate of drug-likeness (QED) is 0.844. The zero-order chi connectivity index (χ0) is 11.7. The molecular weight excluding hydrogens is 214 g/mol. The van der Waals surface area contributed by atoms with Crippen molar-refractivity contribution < 1.29 is 9.53 Å². The van der Waals surface area contributed by atoms with E-state index in [2.05, 4.69) is 11.4 Å². The fourth-order valence-electron chi connectivity index (χ4n) is 2.76. The summed E-state index contributed by atoms with van der Waals surface area (Å²) in [4.78, 5) is 11.7. The number of carbonyl (C=O) groups excluding carboxylic acids is 1. The first-order valence-electron chi connectivity index (χ1n) is 6.35. The Balaban J connectivity index is 1.63. The molecule has 2 heterocycles. The summed E-state index contributed by atoms with van der Waals surface area (Å²) >= 11 is 0. The predicted molar refractivity (Wildman–Crippen MR) is 64.9 cm³/mol. The smallest absolute Gasteiger partial charge is 0.223 e. The molecule has 17 heavy (non-hydrogen) atoms. The van der Waals surface area contributed by atoms with Crippen LogP contribution in [-0.4, -0.2) is 18.6 Å². The van der Waals surface area contributed by atoms with Crippen molar-refractivity contribution in [3.8, 4) is 5.75 Å². The van der Waals surface area contributed by atoms with E-state index in [1.807, 2.05) is 18.2 Å². The van der Waals surface area contributed by atoms with Gasteiger partial charge >= 0.3 is 0 Å². The molecule has 2 unspecified atom stereocenters. The Bertz CT molecular complexity index is 405. The molecule has 2 atom stereocenters. The molecule has 1 aromatic rings. The topological polar surface area (TPSA) is 38.3 Å². The fourth-order valence-corrected chi connectivity index (χ4v) is 2.76. The van der Waals surface area contributed by atoms with Gasteiger partial charge in [-0.2, -0.15) is 0 Å². The van der Waals surface area contributed by atoms with E-state index in [4.69, 9.17) is 4.74 Å². The second-order valence-electron chi connectivity index (χ2n) is 4.92. The Morgan fingerprint density at radius 2 is 2.24 bits per heavy atom. The molecule has 1 N–H and O–H groups in total. The van der Waals surface area contributed by atoms with Crippen LogP contribution in [0.1, 0.15) is 24.8 Å². The van der Waals surface area contributed by atoms with Crippen LogP contribution in [0.2, 0.25) is 0 Å². The van der Waals surface area contributed by atoms with Gasteiger partial charge in [-0.05, 0) is 30.9 Å². The second kappa shape index (κ2) is 4.40. The molecule has 1 fully saturated rings. The molecule has 3 nitrogen and oxygen atoms in total. The SMILES string of the molecule is O=C1NCCCC1CC1Cc2ccccc2O1. The van der Waals surface area contributed by atoms with Crippen molar-refractivity contribution >= 4 is 5.91 Å². The van der Waals surface area contributed by atoms with Crippen molar-refractivity contribution in [3.63, 3.8) is 0 Å². The van der Waals surface area contributed by atoms with Crippen LogP contribution in [0.5, 0.6) is 5.75 Å². The van der Waals surface area contributed by atoms with Gasteiger partial charge in [0.15, 0.2) is 0 Å². The number of amides is 1. The van der Waals surface area contributed by atoms with Gasteiger partial charge in [0.25, 0.3) is 0 Å². The third kappa shape index (κ3) is 2.14. The van der Waals surface area contributed by atoms with Crippen LogP contribution in [0.15, 0.2) is 24.3 Å². The van der Waals surface area contributed by atoms with E-state index in [1.165, 1.54) is 5.56 Å². The number of piperidine rings is 1. The summed E-state index contributed by atoms with van der Waals surface area (Å²) < 4.78 is 5.88. The molecule has 90 valence electrons. The molecule has 0 saturated carbocycles. The fraction of sp³-hybridized carbons (Fsp3) is 0.500. The van der Waals surface area contributed by atoms with Gasteiger partial charge in [0.1, 0.15) is 11.9 Å². The van der Waals surface area contributed by atoms with Crippen molar-refractivity contribution in [2.24, 2.45) is 5.92 Å². The molecule has 0 radical (unpaired) electrons. The van der Waals surface area contributed by atoms with Gasteiger partial charge in [0.2, 0.25) is 5.91 Å². The lowest BCUT2D eigenvalue weighted by molar-refractivity contribution is -0.127. The van der Waals surface area contributed by atoms with Crippen molar-refractivity contribution in [1.82, 2.24) is 5.32 Å². The molecule has 2 aliphatic rings. The summed E-state index contributed by atoms with van der Waals surface area (Å²) in [5.74, 6) is 1.34. The zero-order valence-electron chi connectivity index (χ0n) is 9.82. The Morgan fingerprint density at radius 1 is 1.35 bits per heavy atom. The number of ether oxygens (including phenoxy) is 1. The van der Waals surface area contributed by atoms with E-state index >= 15 is 0 Å². The first-order valence-corrected chi connectivity index (χ1v) is 6.35. The minimum atomic E-state index is 0.142. The van der Waals surface area contributed by atoms with Gasteiger partial charge in [0.05, 0.1) is 0 Å². The number of benzene rings is 1. The van der Waals surface area contributed by atoms with Gasteiger partial charge in [0, 0.05) is 18.9 Å². The van der Waals surface area contributed by atoms with E-state index in [9.17, 15) is 4.79 Å². The average molecular weight is 231 g/mol. The molecular formula is C14H17NO2. The van der Waals surface area contributed by atoms with Gasteiger partial charge in [-0.3, -0.25) is 4.79 Å². The predicted octanol–water partition coefficient (Wildman–Crippen LogP) is 1.91. The highest BCUT2D eigenvalue weighted by molar-refractivity contribution is 5.79. The normalized spacial score (nSPS) is 27.2. The maximum Gasteiger partial charge on any atom is 0.223 e. The molecule has 3 rings (SSSR count). The Kier molecular flexibility index (Phi) is 2.75. The number of nitrogens with one attached hydrogen (secondary N) is 1. The third-order valence-corrected chi connectivity index (χ3v) is 3.66. The van der Waals surface area contributed by atoms with Crippen LogP contribution in [0.4, 0.5) is 0 Å². The number of fused-ring (bicyclic) bond motifs is 1. The maximum absolute atomic E-state index is 11.7. The molecule has 1 amide bonds. The summed E-state index contributed by atoms with van der Waals surface area (Å²) in [7, 11) is 0. The van der Waals surface area contributed by atoms with Crippen LogP contribution >= 0.6 is 0 Å². The number of carbonyl (C=O) groups is 1. The first kappa shape index (κ1) is 10.6. The van der Waals surface area contributed by atoms with Crippen LogP contribution in [0.25, 0.3) is 0 Å². The number of rotatable bonds is 2. The molecule has 1 aromatic carbocycles. The van der Waals surface area contributed by atoms with Gasteiger partial charge in [-0.1, -0.05) is 18.2 Å². The van der Waals surface area contributed by atoms with E-state index in [0.29, 0.717) is 0 Å². The zero-order valence-corrected chi connectivity index (χ0v) is 9.82. The summed E-state index contributed by atoms with van der Waals surface area (Å²) in [6.45, 7) is 0.834. The standard InChI is InChI=1S/C14H17NO2/c16-14-11(5-3-7-15-14)9-12-8-10-4-1-2-6-13(10)17-12/h1-2,4,6,11-12H,3,5,7-9H2,(H,15,16). The molecule has 0 aliphatic carbocycles. The molecule has 0 aromatic heterocycles. The first-order chi connectivity index (χ1) is 8.33. The van der Waals surface area contributed by atoms with E-state index in [0.717, 1.165) is 38.0 Å². The van der Waals surface area contributed by atoms with Crippen molar-refractivity contribution in [3.05, 3.63) is 29.8 Å². The minimum Gasteiger partial charge on any atom is -0.490 e. The van der Waals surface area contributed by atoms with Crippen molar-refractivity contribution in [2.75, 3.05) is 6.54 Å². The Hall–Kier alpha value is -1.51. The van der Waals surface area contributed by atoms with Crippen LogP contribution in [0, 0.1) is 5.92 Å². The second-order valence-corrected chi connectivity index (χ2v) is 4.92. The summed E-state index contributed by atoms with van der Waals surface area (Å²) in [6, 6.07) is 8.15. The number of hydrogen-bond acceptors (Lipinski definition) is 2. The van der Waals surface area contributed by atoms with Crippen LogP contribution in [-0.2, 0) is 11.2 Å². The average Bonchev–Trinajstić information content (AvgIpc) is 2.74. The molecule has 1 saturated heterocycles.